The number of furan rings is 1. The minimum absolute atomic E-state index is 0.298. The van der Waals surface area contributed by atoms with E-state index >= 15 is 0 Å². The van der Waals surface area contributed by atoms with Crippen molar-refractivity contribution >= 4 is 11.6 Å². The average molecular weight is 308 g/mol. The summed E-state index contributed by atoms with van der Waals surface area (Å²) >= 11 is 0. The zero-order valence-electron chi connectivity index (χ0n) is 13.3. The lowest BCUT2D eigenvalue weighted by Gasteiger charge is -2.13. The van der Waals surface area contributed by atoms with E-state index in [1.165, 1.54) is 0 Å². The number of aromatic nitrogens is 2. The molecule has 0 bridgehead atoms. The van der Waals surface area contributed by atoms with Gasteiger partial charge in [0.25, 0.3) is 0 Å². The van der Waals surface area contributed by atoms with Crippen LogP contribution in [0.5, 0.6) is 0 Å². The maximum absolute atomic E-state index is 5.34. The molecule has 118 valence electrons. The minimum atomic E-state index is 0.298. The summed E-state index contributed by atoms with van der Waals surface area (Å²) in [5, 5.41) is 6.62. The summed E-state index contributed by atoms with van der Waals surface area (Å²) in [5.74, 6) is 3.12. The van der Waals surface area contributed by atoms with Gasteiger partial charge in [-0.3, -0.25) is 0 Å². The van der Waals surface area contributed by atoms with Crippen LogP contribution in [0.25, 0.3) is 11.4 Å². The lowest BCUT2D eigenvalue weighted by Crippen LogP contribution is -2.12. The molecule has 0 fully saturated rings. The van der Waals surface area contributed by atoms with Gasteiger partial charge in [0.05, 0.1) is 12.8 Å². The van der Waals surface area contributed by atoms with Crippen molar-refractivity contribution in [2.45, 2.75) is 26.4 Å². The third-order valence-electron chi connectivity index (χ3n) is 3.22. The highest BCUT2D eigenvalue weighted by atomic mass is 16.3. The summed E-state index contributed by atoms with van der Waals surface area (Å²) in [5.41, 5.74) is 0.987. The Hall–Kier alpha value is -2.82. The van der Waals surface area contributed by atoms with E-state index in [0.717, 1.165) is 23.0 Å². The van der Waals surface area contributed by atoms with Crippen molar-refractivity contribution in [3.05, 3.63) is 60.6 Å². The van der Waals surface area contributed by atoms with E-state index < -0.39 is 0 Å². The summed E-state index contributed by atoms with van der Waals surface area (Å²) in [6.45, 7) is 4.75. The van der Waals surface area contributed by atoms with E-state index in [1.54, 1.807) is 6.26 Å². The zero-order valence-corrected chi connectivity index (χ0v) is 13.3. The molecule has 0 saturated carbocycles. The first-order valence-electron chi connectivity index (χ1n) is 7.68. The molecule has 2 aromatic heterocycles. The summed E-state index contributed by atoms with van der Waals surface area (Å²) < 4.78 is 5.34. The molecule has 3 rings (SSSR count). The van der Waals surface area contributed by atoms with Crippen molar-refractivity contribution in [3.8, 4) is 11.4 Å². The Morgan fingerprint density at radius 2 is 1.78 bits per heavy atom. The lowest BCUT2D eigenvalue weighted by molar-refractivity contribution is 0.518. The van der Waals surface area contributed by atoms with Crippen LogP contribution in [-0.4, -0.2) is 16.0 Å². The normalized spacial score (nSPS) is 10.7. The maximum Gasteiger partial charge on any atom is 0.163 e. The van der Waals surface area contributed by atoms with Crippen LogP contribution in [0.2, 0.25) is 0 Å². The molecule has 0 atom stereocenters. The molecule has 2 N–H and O–H groups in total. The van der Waals surface area contributed by atoms with Gasteiger partial charge < -0.3 is 15.1 Å². The van der Waals surface area contributed by atoms with Crippen molar-refractivity contribution in [2.75, 3.05) is 10.6 Å². The molecule has 5 heteroatoms. The number of nitrogens with one attached hydrogen (secondary N) is 2. The summed E-state index contributed by atoms with van der Waals surface area (Å²) in [6, 6.07) is 16.0. The van der Waals surface area contributed by atoms with Crippen LogP contribution in [0.3, 0.4) is 0 Å². The molecule has 0 spiro atoms. The Kier molecular flexibility index (Phi) is 4.57. The molecule has 3 aromatic rings. The highest BCUT2D eigenvalue weighted by Gasteiger charge is 2.08. The monoisotopic (exact) mass is 308 g/mol. The van der Waals surface area contributed by atoms with Gasteiger partial charge in [-0.25, -0.2) is 9.97 Å². The molecule has 1 aromatic carbocycles. The molecule has 0 amide bonds. The molecule has 0 aliphatic carbocycles. The maximum atomic E-state index is 5.34. The van der Waals surface area contributed by atoms with E-state index in [4.69, 9.17) is 4.42 Å². The van der Waals surface area contributed by atoms with Gasteiger partial charge in [0.15, 0.2) is 5.82 Å². The second-order valence-corrected chi connectivity index (χ2v) is 5.56. The number of hydrogen-bond donors (Lipinski definition) is 2. The Balaban J connectivity index is 1.88. The highest BCUT2D eigenvalue weighted by Crippen LogP contribution is 2.21. The Morgan fingerprint density at radius 1 is 1.00 bits per heavy atom. The highest BCUT2D eigenvalue weighted by molar-refractivity contribution is 5.61. The Bertz CT molecular complexity index is 739. The first-order chi connectivity index (χ1) is 11.2. The first kappa shape index (κ1) is 15.1. The zero-order chi connectivity index (χ0) is 16.1. The molecule has 0 radical (unpaired) electrons. The SMILES string of the molecule is CC(C)Nc1cc(NCc2ccco2)nc(-c2ccccc2)n1. The molecule has 5 nitrogen and oxygen atoms in total. The van der Waals surface area contributed by atoms with Gasteiger partial charge in [0, 0.05) is 17.7 Å². The average Bonchev–Trinajstić information content (AvgIpc) is 3.06. The number of rotatable bonds is 6. The van der Waals surface area contributed by atoms with Crippen LogP contribution in [-0.2, 0) is 6.54 Å². The predicted octanol–water partition coefficient (Wildman–Crippen LogP) is 4.17. The van der Waals surface area contributed by atoms with Crippen LogP contribution in [0.1, 0.15) is 19.6 Å². The number of benzene rings is 1. The first-order valence-corrected chi connectivity index (χ1v) is 7.68. The Morgan fingerprint density at radius 3 is 2.48 bits per heavy atom. The molecule has 23 heavy (non-hydrogen) atoms. The fraction of sp³-hybridized carbons (Fsp3) is 0.222. The van der Waals surface area contributed by atoms with E-state index in [9.17, 15) is 0 Å². The number of nitrogens with zero attached hydrogens (tertiary/aromatic N) is 2. The molecular formula is C18H20N4O. The van der Waals surface area contributed by atoms with E-state index in [2.05, 4.69) is 34.4 Å². The van der Waals surface area contributed by atoms with Gasteiger partial charge in [0.2, 0.25) is 0 Å². The van der Waals surface area contributed by atoms with Crippen LogP contribution >= 0.6 is 0 Å². The van der Waals surface area contributed by atoms with Gasteiger partial charge in [-0.15, -0.1) is 0 Å². The van der Waals surface area contributed by atoms with Crippen LogP contribution in [0.4, 0.5) is 11.6 Å². The molecule has 0 aliphatic rings. The van der Waals surface area contributed by atoms with E-state index in [-0.39, 0.29) is 0 Å². The summed E-state index contributed by atoms with van der Waals surface area (Å²) in [4.78, 5) is 9.21. The standard InChI is InChI=1S/C18H20N4O/c1-13(2)20-17-11-16(19-12-15-9-6-10-23-15)21-18(22-17)14-7-4-3-5-8-14/h3-11,13H,12H2,1-2H3,(H2,19,20,21,22). The van der Waals surface area contributed by atoms with E-state index in [0.29, 0.717) is 18.4 Å². The predicted molar refractivity (Wildman–Crippen MR) is 92.3 cm³/mol. The quantitative estimate of drug-likeness (QED) is 0.715. The van der Waals surface area contributed by atoms with Crippen molar-refractivity contribution in [2.24, 2.45) is 0 Å². The fourth-order valence-electron chi connectivity index (χ4n) is 2.21. The fourth-order valence-corrected chi connectivity index (χ4v) is 2.21. The summed E-state index contributed by atoms with van der Waals surface area (Å²) in [7, 11) is 0. The minimum Gasteiger partial charge on any atom is -0.467 e. The van der Waals surface area contributed by atoms with Crippen molar-refractivity contribution in [1.29, 1.82) is 0 Å². The third kappa shape index (κ3) is 4.10. The molecule has 0 unspecified atom stereocenters. The number of anilines is 2. The van der Waals surface area contributed by atoms with Gasteiger partial charge in [0.1, 0.15) is 17.4 Å². The lowest BCUT2D eigenvalue weighted by atomic mass is 10.2. The van der Waals surface area contributed by atoms with Gasteiger partial charge in [-0.2, -0.15) is 0 Å². The number of hydrogen-bond acceptors (Lipinski definition) is 5. The van der Waals surface area contributed by atoms with Crippen LogP contribution < -0.4 is 10.6 Å². The van der Waals surface area contributed by atoms with Gasteiger partial charge >= 0.3 is 0 Å². The molecular weight excluding hydrogens is 288 g/mol. The van der Waals surface area contributed by atoms with Crippen LogP contribution in [0, 0.1) is 0 Å². The third-order valence-corrected chi connectivity index (χ3v) is 3.22. The van der Waals surface area contributed by atoms with Crippen molar-refractivity contribution < 1.29 is 4.42 Å². The van der Waals surface area contributed by atoms with Gasteiger partial charge in [-0.1, -0.05) is 30.3 Å². The van der Waals surface area contributed by atoms with Crippen LogP contribution in [0.15, 0.2) is 59.2 Å². The summed E-state index contributed by atoms with van der Waals surface area (Å²) in [6.07, 6.45) is 1.66. The second kappa shape index (κ2) is 6.96. The van der Waals surface area contributed by atoms with Gasteiger partial charge in [-0.05, 0) is 26.0 Å². The molecule has 0 aliphatic heterocycles. The Labute approximate surface area is 135 Å². The largest absolute Gasteiger partial charge is 0.467 e. The molecule has 2 heterocycles. The van der Waals surface area contributed by atoms with Crippen molar-refractivity contribution in [3.63, 3.8) is 0 Å². The smallest absolute Gasteiger partial charge is 0.163 e. The molecule has 0 saturated heterocycles. The van der Waals surface area contributed by atoms with E-state index in [1.807, 2.05) is 48.5 Å². The topological polar surface area (TPSA) is 63.0 Å². The second-order valence-electron chi connectivity index (χ2n) is 5.56. The van der Waals surface area contributed by atoms with Crippen molar-refractivity contribution in [1.82, 2.24) is 9.97 Å².